The number of nitrogens with one attached hydrogen (secondary N) is 2. The minimum Gasteiger partial charge on any atom is -0.381 e. The van der Waals surface area contributed by atoms with E-state index >= 15 is 0 Å². The van der Waals surface area contributed by atoms with Crippen molar-refractivity contribution < 1.29 is 9.53 Å². The highest BCUT2D eigenvalue weighted by Crippen LogP contribution is 2.24. The molecule has 0 radical (unpaired) electrons. The maximum Gasteiger partial charge on any atom is 0.253 e. The molecule has 27 heavy (non-hydrogen) atoms. The first-order valence-electron chi connectivity index (χ1n) is 8.90. The molecule has 4 rings (SSSR count). The Labute approximate surface area is 156 Å². The number of benzene rings is 1. The number of ether oxygens (including phenoxy) is 1. The van der Waals surface area contributed by atoms with Crippen LogP contribution >= 0.6 is 0 Å². The Balaban J connectivity index is 1.33. The van der Waals surface area contributed by atoms with E-state index in [1.54, 1.807) is 36.5 Å². The molecule has 9 nitrogen and oxygen atoms in total. The highest BCUT2D eigenvalue weighted by molar-refractivity contribution is 5.97. The van der Waals surface area contributed by atoms with Crippen LogP contribution in [0.4, 0.5) is 5.82 Å². The number of aromatic amines is 1. The van der Waals surface area contributed by atoms with E-state index in [1.807, 2.05) is 6.07 Å². The molecule has 1 aliphatic rings. The first kappa shape index (κ1) is 17.3. The highest BCUT2D eigenvalue weighted by atomic mass is 16.5. The zero-order valence-electron chi connectivity index (χ0n) is 15.1. The van der Waals surface area contributed by atoms with Crippen molar-refractivity contribution in [1.82, 2.24) is 30.3 Å². The van der Waals surface area contributed by atoms with Crippen LogP contribution in [0.1, 0.15) is 28.4 Å². The molecule has 3 heterocycles. The molecule has 0 spiro atoms. The lowest BCUT2D eigenvalue weighted by molar-refractivity contribution is 0.0800. The van der Waals surface area contributed by atoms with Gasteiger partial charge in [-0.25, -0.2) is 9.97 Å². The van der Waals surface area contributed by atoms with Crippen molar-refractivity contribution in [3.8, 4) is 0 Å². The first-order chi connectivity index (χ1) is 13.2. The lowest BCUT2D eigenvalue weighted by Crippen LogP contribution is -2.31. The SMILES string of the molecule is CN(CCNc1cc(C2CCOC2)ncn1)C(=O)c1ccc2n[nH]nc2c1. The maximum atomic E-state index is 12.6. The summed E-state index contributed by atoms with van der Waals surface area (Å²) in [4.78, 5) is 22.8. The van der Waals surface area contributed by atoms with Crippen molar-refractivity contribution in [3.05, 3.63) is 41.9 Å². The number of hydrogen-bond acceptors (Lipinski definition) is 7. The summed E-state index contributed by atoms with van der Waals surface area (Å²) in [6, 6.07) is 7.25. The Morgan fingerprint density at radius 1 is 1.30 bits per heavy atom. The number of nitrogens with zero attached hydrogens (tertiary/aromatic N) is 5. The second kappa shape index (κ2) is 7.67. The average molecular weight is 367 g/mol. The zero-order chi connectivity index (χ0) is 18.6. The minimum atomic E-state index is -0.0619. The topological polar surface area (TPSA) is 109 Å². The monoisotopic (exact) mass is 367 g/mol. The van der Waals surface area contributed by atoms with Gasteiger partial charge in [0.2, 0.25) is 0 Å². The van der Waals surface area contributed by atoms with Gasteiger partial charge in [-0.1, -0.05) is 0 Å². The van der Waals surface area contributed by atoms with E-state index in [4.69, 9.17) is 4.74 Å². The van der Waals surface area contributed by atoms with Crippen LogP contribution in [0.2, 0.25) is 0 Å². The van der Waals surface area contributed by atoms with Gasteiger partial charge in [-0.15, -0.1) is 0 Å². The smallest absolute Gasteiger partial charge is 0.253 e. The van der Waals surface area contributed by atoms with Gasteiger partial charge < -0.3 is 15.0 Å². The number of hydrogen-bond donors (Lipinski definition) is 2. The van der Waals surface area contributed by atoms with E-state index in [0.29, 0.717) is 36.7 Å². The Bertz CT molecular complexity index is 936. The van der Waals surface area contributed by atoms with Gasteiger partial charge in [0.25, 0.3) is 5.91 Å². The van der Waals surface area contributed by atoms with Gasteiger partial charge in [0, 0.05) is 44.3 Å². The van der Waals surface area contributed by atoms with Crippen LogP contribution in [0.25, 0.3) is 11.0 Å². The molecule has 1 aliphatic heterocycles. The van der Waals surface area contributed by atoms with Crippen molar-refractivity contribution in [2.45, 2.75) is 12.3 Å². The van der Waals surface area contributed by atoms with Gasteiger partial charge in [-0.2, -0.15) is 15.4 Å². The molecule has 1 saturated heterocycles. The molecule has 1 unspecified atom stereocenters. The van der Waals surface area contributed by atoms with Crippen LogP contribution in [0.3, 0.4) is 0 Å². The molecule has 1 atom stereocenters. The highest BCUT2D eigenvalue weighted by Gasteiger charge is 2.19. The van der Waals surface area contributed by atoms with Gasteiger partial charge in [-0.3, -0.25) is 4.79 Å². The molecular formula is C18H21N7O2. The Morgan fingerprint density at radius 3 is 3.04 bits per heavy atom. The zero-order valence-corrected chi connectivity index (χ0v) is 15.1. The fourth-order valence-corrected chi connectivity index (χ4v) is 3.11. The van der Waals surface area contributed by atoms with Gasteiger partial charge in [0.1, 0.15) is 23.2 Å². The second-order valence-corrected chi connectivity index (χ2v) is 6.57. The van der Waals surface area contributed by atoms with E-state index in [0.717, 1.165) is 30.1 Å². The van der Waals surface area contributed by atoms with Gasteiger partial charge in [0.05, 0.1) is 12.3 Å². The third-order valence-corrected chi connectivity index (χ3v) is 4.70. The molecule has 1 fully saturated rings. The summed E-state index contributed by atoms with van der Waals surface area (Å²) < 4.78 is 5.42. The molecule has 9 heteroatoms. The van der Waals surface area contributed by atoms with E-state index < -0.39 is 0 Å². The van der Waals surface area contributed by atoms with Crippen LogP contribution in [0, 0.1) is 0 Å². The Kier molecular flexibility index (Phi) is 4.93. The molecule has 3 aromatic rings. The number of anilines is 1. The van der Waals surface area contributed by atoms with Crippen molar-refractivity contribution >= 4 is 22.8 Å². The molecule has 0 bridgehead atoms. The Hall–Kier alpha value is -3.07. The molecule has 0 aliphatic carbocycles. The predicted octanol–water partition coefficient (Wildman–Crippen LogP) is 1.44. The summed E-state index contributed by atoms with van der Waals surface area (Å²) in [5, 5.41) is 13.8. The third kappa shape index (κ3) is 3.87. The quantitative estimate of drug-likeness (QED) is 0.678. The maximum absolute atomic E-state index is 12.6. The van der Waals surface area contributed by atoms with Crippen molar-refractivity contribution in [2.24, 2.45) is 0 Å². The number of likely N-dealkylation sites (N-methyl/N-ethyl adjacent to an activating group) is 1. The number of rotatable bonds is 6. The molecule has 140 valence electrons. The summed E-state index contributed by atoms with van der Waals surface area (Å²) in [6.07, 6.45) is 2.56. The minimum absolute atomic E-state index is 0.0619. The van der Waals surface area contributed by atoms with Gasteiger partial charge >= 0.3 is 0 Å². The summed E-state index contributed by atoms with van der Waals surface area (Å²) in [7, 11) is 1.78. The lowest BCUT2D eigenvalue weighted by Gasteiger charge is -2.18. The molecule has 0 saturated carbocycles. The van der Waals surface area contributed by atoms with Gasteiger partial charge in [-0.05, 0) is 24.6 Å². The summed E-state index contributed by atoms with van der Waals surface area (Å²) in [6.45, 7) is 2.63. The number of H-pyrrole nitrogens is 1. The number of carbonyl (C=O) groups is 1. The van der Waals surface area contributed by atoms with Crippen LogP contribution in [0.5, 0.6) is 0 Å². The fourth-order valence-electron chi connectivity index (χ4n) is 3.11. The summed E-state index contributed by atoms with van der Waals surface area (Å²) >= 11 is 0. The predicted molar refractivity (Wildman–Crippen MR) is 99.5 cm³/mol. The van der Waals surface area contributed by atoms with Gasteiger partial charge in [0.15, 0.2) is 0 Å². The normalized spacial score (nSPS) is 16.6. The molecule has 2 N–H and O–H groups in total. The van der Waals surface area contributed by atoms with Crippen molar-refractivity contribution in [2.75, 3.05) is 38.7 Å². The second-order valence-electron chi connectivity index (χ2n) is 6.57. The average Bonchev–Trinajstić information content (AvgIpc) is 3.38. The number of aromatic nitrogens is 5. The summed E-state index contributed by atoms with van der Waals surface area (Å²) in [5.41, 5.74) is 3.00. The van der Waals surface area contributed by atoms with Crippen molar-refractivity contribution in [1.29, 1.82) is 0 Å². The first-order valence-corrected chi connectivity index (χ1v) is 8.90. The molecule has 2 aromatic heterocycles. The third-order valence-electron chi connectivity index (χ3n) is 4.70. The van der Waals surface area contributed by atoms with E-state index in [9.17, 15) is 4.79 Å². The number of amides is 1. The molecular weight excluding hydrogens is 346 g/mol. The Morgan fingerprint density at radius 2 is 2.19 bits per heavy atom. The molecule has 1 aromatic carbocycles. The standard InChI is InChI=1S/C18H21N7O2/c1-25(18(26)12-2-3-14-16(8-12)23-24-22-14)6-5-19-17-9-15(20-11-21-17)13-4-7-27-10-13/h2-3,8-9,11,13H,4-7,10H2,1H3,(H,19,20,21)(H,22,23,24). The van der Waals surface area contributed by atoms with Crippen LogP contribution in [-0.2, 0) is 4.74 Å². The molecule has 1 amide bonds. The largest absolute Gasteiger partial charge is 0.381 e. The van der Waals surface area contributed by atoms with E-state index in [2.05, 4.69) is 30.7 Å². The fraction of sp³-hybridized carbons (Fsp3) is 0.389. The number of carbonyl (C=O) groups excluding carboxylic acids is 1. The van der Waals surface area contributed by atoms with E-state index in [1.165, 1.54) is 0 Å². The number of fused-ring (bicyclic) bond motifs is 1. The van der Waals surface area contributed by atoms with Crippen LogP contribution in [-0.4, -0.2) is 69.5 Å². The lowest BCUT2D eigenvalue weighted by atomic mass is 10.1. The van der Waals surface area contributed by atoms with Crippen LogP contribution in [0.15, 0.2) is 30.6 Å². The summed E-state index contributed by atoms with van der Waals surface area (Å²) in [5.74, 6) is 1.04. The van der Waals surface area contributed by atoms with E-state index in [-0.39, 0.29) is 5.91 Å². The van der Waals surface area contributed by atoms with Crippen molar-refractivity contribution in [3.63, 3.8) is 0 Å². The van der Waals surface area contributed by atoms with Crippen LogP contribution < -0.4 is 5.32 Å².